The Bertz CT molecular complexity index is 1340. The number of rotatable bonds is 7. The van der Waals surface area contributed by atoms with E-state index in [0.29, 0.717) is 11.1 Å². The van der Waals surface area contributed by atoms with Crippen LogP contribution in [0.2, 0.25) is 0 Å². The van der Waals surface area contributed by atoms with Gasteiger partial charge in [-0.2, -0.15) is 10.4 Å². The summed E-state index contributed by atoms with van der Waals surface area (Å²) in [6.45, 7) is 0.170. The number of halogens is 2. The lowest BCUT2D eigenvalue weighted by Gasteiger charge is -2.43. The largest absolute Gasteiger partial charge is 0.507 e. The number of alkyl halides is 1. The number of phenolic OH excluding ortho intramolecular Hbond substituents is 1. The number of likely N-dealkylation sites (tertiary alicyclic amines) is 1. The second-order valence-electron chi connectivity index (χ2n) is 9.16. The molecule has 5 N–H and O–H groups in total. The Hall–Kier alpha value is -4.05. The number of nitriles is 1. The van der Waals surface area contributed by atoms with Gasteiger partial charge in [-0.1, -0.05) is 30.3 Å². The number of aliphatic hydroxyl groups excluding tert-OH is 1. The molecular weight excluding hydrogens is 498 g/mol. The molecule has 1 aliphatic rings. The Morgan fingerprint density at radius 3 is 2.76 bits per heavy atom. The van der Waals surface area contributed by atoms with E-state index in [1.165, 1.54) is 23.0 Å². The lowest BCUT2D eigenvalue weighted by Crippen LogP contribution is -2.54. The number of hydrogen-bond acceptors (Lipinski definition) is 8. The van der Waals surface area contributed by atoms with Gasteiger partial charge in [0.25, 0.3) is 0 Å². The van der Waals surface area contributed by atoms with Crippen molar-refractivity contribution in [2.24, 2.45) is 5.73 Å². The number of nitrogens with two attached hydrogens (primary N) is 1. The monoisotopic (exact) mass is 526 g/mol. The van der Waals surface area contributed by atoms with Crippen LogP contribution in [0.15, 0.2) is 48.7 Å². The number of hydrogen-bond donors (Lipinski definition) is 4. The van der Waals surface area contributed by atoms with Crippen molar-refractivity contribution < 1.29 is 28.5 Å². The number of carbonyl (C=O) groups excluding carboxylic acids is 1. The molecule has 200 valence electrons. The Morgan fingerprint density at radius 1 is 1.39 bits per heavy atom. The zero-order chi connectivity index (χ0) is 27.4. The summed E-state index contributed by atoms with van der Waals surface area (Å²) < 4.78 is 36.6. The number of aromatic nitrogens is 2. The fourth-order valence-electron chi connectivity index (χ4n) is 4.71. The van der Waals surface area contributed by atoms with Gasteiger partial charge < -0.3 is 20.7 Å². The van der Waals surface area contributed by atoms with Crippen LogP contribution in [0, 0.1) is 17.1 Å². The van der Waals surface area contributed by atoms with Gasteiger partial charge in [-0.15, -0.1) is 0 Å². The first-order chi connectivity index (χ1) is 18.2. The van der Waals surface area contributed by atoms with E-state index < -0.39 is 29.8 Å². The van der Waals surface area contributed by atoms with Crippen LogP contribution in [0.3, 0.4) is 0 Å². The normalized spacial score (nSPS) is 20.5. The molecule has 1 amide bonds. The zero-order valence-electron chi connectivity index (χ0n) is 20.6. The Kier molecular flexibility index (Phi) is 7.91. The maximum Gasteiger partial charge on any atom is 0.412 e. The van der Waals surface area contributed by atoms with Gasteiger partial charge in [-0.3, -0.25) is 14.9 Å². The van der Waals surface area contributed by atoms with E-state index in [2.05, 4.69) is 15.2 Å². The third-order valence-electron chi connectivity index (χ3n) is 6.81. The first-order valence-corrected chi connectivity index (χ1v) is 11.9. The fraction of sp³-hybridized carbons (Fsp3) is 0.346. The first kappa shape index (κ1) is 27.0. The van der Waals surface area contributed by atoms with Crippen molar-refractivity contribution >= 4 is 11.9 Å². The minimum absolute atomic E-state index is 0.0263. The maximum atomic E-state index is 15.9. The van der Waals surface area contributed by atoms with Crippen molar-refractivity contribution in [2.75, 3.05) is 25.5 Å². The van der Waals surface area contributed by atoms with Crippen molar-refractivity contribution in [1.29, 1.82) is 5.26 Å². The lowest BCUT2D eigenvalue weighted by molar-refractivity contribution is 0.00644. The summed E-state index contributed by atoms with van der Waals surface area (Å²) in [4.78, 5) is 13.4. The summed E-state index contributed by atoms with van der Waals surface area (Å²) in [7, 11) is 1.15. The molecule has 0 radical (unpaired) electrons. The predicted octanol–water partition coefficient (Wildman–Crippen LogP) is 3.38. The number of phenols is 1. The Labute approximate surface area is 217 Å². The van der Waals surface area contributed by atoms with Gasteiger partial charge in [0, 0.05) is 37.0 Å². The number of benzene rings is 2. The van der Waals surface area contributed by atoms with Gasteiger partial charge in [0.2, 0.25) is 0 Å². The molecule has 1 saturated heterocycles. The van der Waals surface area contributed by atoms with Gasteiger partial charge in [0.15, 0.2) is 5.82 Å². The van der Waals surface area contributed by atoms with Gasteiger partial charge in [0.1, 0.15) is 29.5 Å². The molecule has 2 aromatic carbocycles. The van der Waals surface area contributed by atoms with Crippen LogP contribution in [0.5, 0.6) is 5.75 Å². The number of nitrogens with zero attached hydrogens (tertiary/aromatic N) is 4. The SMILES string of the molecule is COC(=O)Nc1nn(C2(CC#N)CCN(Cc3cc(O)c(-c4ccccc4)cc3F)CC2F)cc1C(N)O. The number of aromatic hydroxyl groups is 1. The van der Waals surface area contributed by atoms with E-state index in [0.717, 1.165) is 7.11 Å². The van der Waals surface area contributed by atoms with Crippen molar-refractivity contribution in [3.05, 3.63) is 65.6 Å². The second-order valence-corrected chi connectivity index (χ2v) is 9.16. The number of carbonyl (C=O) groups is 1. The van der Waals surface area contributed by atoms with Crippen LogP contribution >= 0.6 is 0 Å². The van der Waals surface area contributed by atoms with E-state index in [4.69, 9.17) is 5.73 Å². The topological polar surface area (TPSA) is 150 Å². The van der Waals surface area contributed by atoms with Crippen LogP contribution < -0.4 is 11.1 Å². The van der Waals surface area contributed by atoms with E-state index in [1.807, 2.05) is 12.1 Å². The minimum atomic E-state index is -1.62. The molecular formula is C26H28F2N6O4. The summed E-state index contributed by atoms with van der Waals surface area (Å²) in [5.41, 5.74) is 5.44. The highest BCUT2D eigenvalue weighted by atomic mass is 19.1. The predicted molar refractivity (Wildman–Crippen MR) is 134 cm³/mol. The van der Waals surface area contributed by atoms with Crippen molar-refractivity contribution in [2.45, 2.75) is 37.3 Å². The molecule has 1 aromatic heterocycles. The quantitative estimate of drug-likeness (QED) is 0.342. The summed E-state index contributed by atoms with van der Waals surface area (Å²) in [5, 5.41) is 36.5. The van der Waals surface area contributed by atoms with Gasteiger partial charge in [-0.05, 0) is 24.1 Å². The molecule has 0 saturated carbocycles. The van der Waals surface area contributed by atoms with Gasteiger partial charge >= 0.3 is 6.09 Å². The summed E-state index contributed by atoms with van der Waals surface area (Å²) in [6, 6.07) is 13.5. The highest BCUT2D eigenvalue weighted by Gasteiger charge is 2.46. The first-order valence-electron chi connectivity index (χ1n) is 11.9. The molecule has 3 unspecified atom stereocenters. The van der Waals surface area contributed by atoms with Gasteiger partial charge in [-0.25, -0.2) is 13.6 Å². The highest BCUT2D eigenvalue weighted by molar-refractivity contribution is 5.84. The third-order valence-corrected chi connectivity index (χ3v) is 6.81. The highest BCUT2D eigenvalue weighted by Crippen LogP contribution is 2.38. The number of anilines is 1. The summed E-state index contributed by atoms with van der Waals surface area (Å²) >= 11 is 0. The molecule has 1 fully saturated rings. The van der Waals surface area contributed by atoms with Crippen LogP contribution in [0.1, 0.15) is 30.2 Å². The average Bonchev–Trinajstić information content (AvgIpc) is 3.32. The van der Waals surface area contributed by atoms with E-state index in [1.54, 1.807) is 29.2 Å². The summed E-state index contributed by atoms with van der Waals surface area (Å²) in [6.07, 6.45) is -2.83. The Balaban J connectivity index is 1.56. The molecule has 12 heteroatoms. The molecule has 3 aromatic rings. The number of piperidine rings is 1. The molecule has 1 aliphatic heterocycles. The standard InChI is InChI=1S/C26H28F2N6O4/c1-38-25(37)31-24-19(23(30)36)14-34(32-24)26(7-9-29)8-10-33(15-22(26)28)13-17-11-21(35)18(12-20(17)27)16-5-3-2-4-6-16/h2-6,11-12,14,22-23,35-36H,7-8,10,13,15,30H2,1H3,(H,31,32,37). The fourth-order valence-corrected chi connectivity index (χ4v) is 4.71. The minimum Gasteiger partial charge on any atom is -0.507 e. The molecule has 0 spiro atoms. The van der Waals surface area contributed by atoms with E-state index in [9.17, 15) is 24.7 Å². The summed E-state index contributed by atoms with van der Waals surface area (Å²) in [5.74, 6) is -0.733. The average molecular weight is 527 g/mol. The molecule has 0 bridgehead atoms. The third kappa shape index (κ3) is 5.31. The zero-order valence-corrected chi connectivity index (χ0v) is 20.6. The number of methoxy groups -OCH3 is 1. The van der Waals surface area contributed by atoms with Crippen molar-refractivity contribution in [3.63, 3.8) is 0 Å². The van der Waals surface area contributed by atoms with Gasteiger partial charge in [0.05, 0.1) is 25.2 Å². The number of nitrogens with one attached hydrogen (secondary N) is 1. The van der Waals surface area contributed by atoms with Crippen molar-refractivity contribution in [1.82, 2.24) is 14.7 Å². The second kappa shape index (κ2) is 11.1. The molecule has 38 heavy (non-hydrogen) atoms. The van der Waals surface area contributed by atoms with E-state index in [-0.39, 0.29) is 55.2 Å². The molecule has 3 atom stereocenters. The maximum absolute atomic E-state index is 15.9. The number of aliphatic hydroxyl groups is 1. The number of ether oxygens (including phenoxy) is 1. The van der Waals surface area contributed by atoms with Crippen molar-refractivity contribution in [3.8, 4) is 22.9 Å². The molecule has 2 heterocycles. The molecule has 10 nitrogen and oxygen atoms in total. The Morgan fingerprint density at radius 2 is 2.13 bits per heavy atom. The van der Waals surface area contributed by atoms with Crippen LogP contribution in [0.4, 0.5) is 19.4 Å². The lowest BCUT2D eigenvalue weighted by atomic mass is 9.83. The van der Waals surface area contributed by atoms with Crippen LogP contribution in [-0.2, 0) is 16.8 Å². The number of amides is 1. The smallest absolute Gasteiger partial charge is 0.412 e. The van der Waals surface area contributed by atoms with Crippen LogP contribution in [0.25, 0.3) is 11.1 Å². The van der Waals surface area contributed by atoms with E-state index >= 15 is 4.39 Å². The molecule has 0 aliphatic carbocycles. The van der Waals surface area contributed by atoms with Crippen LogP contribution in [-0.4, -0.2) is 57.4 Å². The molecule has 4 rings (SSSR count).